The zero-order valence-corrected chi connectivity index (χ0v) is 16.1. The van der Waals surface area contributed by atoms with E-state index < -0.39 is 0 Å². The first-order valence-electron chi connectivity index (χ1n) is 9.48. The van der Waals surface area contributed by atoms with Gasteiger partial charge in [-0.2, -0.15) is 0 Å². The number of carbonyl (C=O) groups excluding carboxylic acids is 2. The molecule has 2 unspecified atom stereocenters. The van der Waals surface area contributed by atoms with Crippen molar-refractivity contribution in [3.05, 3.63) is 29.8 Å². The van der Waals surface area contributed by atoms with E-state index in [2.05, 4.69) is 17.6 Å². The van der Waals surface area contributed by atoms with Gasteiger partial charge in [-0.05, 0) is 44.1 Å². The second-order valence-corrected chi connectivity index (χ2v) is 6.72. The number of nitrogens with zero attached hydrogens (tertiary/aromatic N) is 1. The number of hydrogen-bond donors (Lipinski definition) is 2. The summed E-state index contributed by atoms with van der Waals surface area (Å²) in [6.45, 7) is 4.27. The Morgan fingerprint density at radius 2 is 1.96 bits per heavy atom. The van der Waals surface area contributed by atoms with Gasteiger partial charge < -0.3 is 20.3 Å². The molecule has 0 aromatic heterocycles. The summed E-state index contributed by atoms with van der Waals surface area (Å²) in [5.74, 6) is 0.456. The Morgan fingerprint density at radius 3 is 2.58 bits per heavy atom. The van der Waals surface area contributed by atoms with Gasteiger partial charge in [0.15, 0.2) is 0 Å². The number of methoxy groups -OCH3 is 1. The van der Waals surface area contributed by atoms with Crippen LogP contribution in [0.3, 0.4) is 0 Å². The first-order chi connectivity index (χ1) is 12.6. The highest BCUT2D eigenvalue weighted by molar-refractivity contribution is 5.90. The summed E-state index contributed by atoms with van der Waals surface area (Å²) in [6, 6.07) is 7.49. The van der Waals surface area contributed by atoms with Gasteiger partial charge in [0.25, 0.3) is 0 Å². The maximum Gasteiger partial charge on any atom is 0.226 e. The molecule has 6 nitrogen and oxygen atoms in total. The molecule has 6 heteroatoms. The predicted octanol–water partition coefficient (Wildman–Crippen LogP) is 2.11. The van der Waals surface area contributed by atoms with E-state index in [4.69, 9.17) is 4.74 Å². The van der Waals surface area contributed by atoms with Crippen LogP contribution in [0.5, 0.6) is 5.75 Å². The molecule has 0 aliphatic carbocycles. The third kappa shape index (κ3) is 4.97. The Bertz CT molecular complexity index is 588. The summed E-state index contributed by atoms with van der Waals surface area (Å²) >= 11 is 0. The van der Waals surface area contributed by atoms with Crippen molar-refractivity contribution in [1.82, 2.24) is 15.5 Å². The van der Waals surface area contributed by atoms with E-state index in [1.165, 1.54) is 0 Å². The Hall–Kier alpha value is -2.08. The number of amides is 2. The highest BCUT2D eigenvalue weighted by Crippen LogP contribution is 2.39. The number of rotatable bonds is 10. The summed E-state index contributed by atoms with van der Waals surface area (Å²) in [6.07, 6.45) is 3.10. The Morgan fingerprint density at radius 1 is 1.23 bits per heavy atom. The molecular formula is C20H31N3O3. The van der Waals surface area contributed by atoms with E-state index >= 15 is 0 Å². The smallest absolute Gasteiger partial charge is 0.226 e. The van der Waals surface area contributed by atoms with Crippen molar-refractivity contribution in [2.24, 2.45) is 5.92 Å². The van der Waals surface area contributed by atoms with Crippen LogP contribution < -0.4 is 15.4 Å². The molecule has 0 saturated carbocycles. The van der Waals surface area contributed by atoms with Crippen LogP contribution in [0.2, 0.25) is 0 Å². The van der Waals surface area contributed by atoms with E-state index in [9.17, 15) is 9.59 Å². The fraction of sp³-hybridized carbons (Fsp3) is 0.600. The number of nitrogens with one attached hydrogen (secondary N) is 2. The lowest BCUT2D eigenvalue weighted by atomic mass is 9.92. The summed E-state index contributed by atoms with van der Waals surface area (Å²) in [7, 11) is 3.52. The minimum Gasteiger partial charge on any atom is -0.497 e. The molecule has 1 heterocycles. The zero-order valence-electron chi connectivity index (χ0n) is 16.1. The van der Waals surface area contributed by atoms with Gasteiger partial charge in [-0.3, -0.25) is 9.59 Å². The van der Waals surface area contributed by atoms with E-state index in [0.29, 0.717) is 13.1 Å². The van der Waals surface area contributed by atoms with Gasteiger partial charge in [0.1, 0.15) is 5.75 Å². The lowest BCUT2D eigenvalue weighted by molar-refractivity contribution is -0.129. The molecule has 2 rings (SSSR count). The molecule has 2 N–H and O–H groups in total. The third-order valence-electron chi connectivity index (χ3n) is 4.88. The molecule has 26 heavy (non-hydrogen) atoms. The molecule has 0 bridgehead atoms. The topological polar surface area (TPSA) is 70.7 Å². The van der Waals surface area contributed by atoms with Gasteiger partial charge in [-0.25, -0.2) is 0 Å². The largest absolute Gasteiger partial charge is 0.497 e. The highest BCUT2D eigenvalue weighted by Gasteiger charge is 2.43. The Balaban J connectivity index is 2.18. The average Bonchev–Trinajstić information content (AvgIpc) is 2.99. The van der Waals surface area contributed by atoms with Crippen molar-refractivity contribution < 1.29 is 14.3 Å². The van der Waals surface area contributed by atoms with Gasteiger partial charge >= 0.3 is 0 Å². The van der Waals surface area contributed by atoms with Gasteiger partial charge in [-0.1, -0.05) is 25.5 Å². The van der Waals surface area contributed by atoms with Gasteiger partial charge in [0.05, 0.1) is 19.1 Å². The Labute approximate surface area is 156 Å². The molecule has 144 valence electrons. The first kappa shape index (κ1) is 20.2. The second kappa shape index (κ2) is 10.2. The normalized spacial score (nSPS) is 19.7. The SMILES string of the molecule is CCCCN1C(=O)CC(C(=O)NCCCNC)C1c1ccc(OC)cc1. The minimum absolute atomic E-state index is 0.0331. The summed E-state index contributed by atoms with van der Waals surface area (Å²) in [4.78, 5) is 27.2. The van der Waals surface area contributed by atoms with Gasteiger partial charge in [-0.15, -0.1) is 0 Å². The number of likely N-dealkylation sites (tertiary alicyclic amines) is 1. The molecular weight excluding hydrogens is 330 g/mol. The van der Waals surface area contributed by atoms with Crippen LogP contribution in [0, 0.1) is 5.92 Å². The fourth-order valence-corrected chi connectivity index (χ4v) is 3.44. The van der Waals surface area contributed by atoms with Crippen LogP contribution in [0.25, 0.3) is 0 Å². The molecule has 1 aromatic rings. The van der Waals surface area contributed by atoms with Crippen molar-refractivity contribution in [3.8, 4) is 5.75 Å². The molecule has 1 aliphatic rings. The number of unbranched alkanes of at least 4 members (excludes halogenated alkanes) is 1. The molecule has 1 aliphatic heterocycles. The van der Waals surface area contributed by atoms with Crippen LogP contribution >= 0.6 is 0 Å². The summed E-state index contributed by atoms with van der Waals surface area (Å²) in [5.41, 5.74) is 0.989. The molecule has 1 aromatic carbocycles. The molecule has 2 amide bonds. The fourth-order valence-electron chi connectivity index (χ4n) is 3.44. The van der Waals surface area contributed by atoms with Gasteiger partial charge in [0.2, 0.25) is 11.8 Å². The standard InChI is InChI=1S/C20H31N3O3/c1-4-5-13-23-18(24)14-17(20(25)22-12-6-11-21-2)19(23)15-7-9-16(26-3)10-8-15/h7-10,17,19,21H,4-6,11-14H2,1-3H3,(H,22,25). The van der Waals surface area contributed by atoms with E-state index in [-0.39, 0.29) is 30.2 Å². The monoisotopic (exact) mass is 361 g/mol. The van der Waals surface area contributed by atoms with E-state index in [0.717, 1.165) is 37.1 Å². The number of ether oxygens (including phenoxy) is 1. The third-order valence-corrected chi connectivity index (χ3v) is 4.88. The van der Waals surface area contributed by atoms with E-state index in [1.807, 2.05) is 36.2 Å². The van der Waals surface area contributed by atoms with Crippen molar-refractivity contribution in [2.75, 3.05) is 33.8 Å². The number of hydrogen-bond acceptors (Lipinski definition) is 4. The van der Waals surface area contributed by atoms with Crippen LogP contribution in [0.4, 0.5) is 0 Å². The van der Waals surface area contributed by atoms with Crippen molar-refractivity contribution >= 4 is 11.8 Å². The molecule has 2 atom stereocenters. The van der Waals surface area contributed by atoms with Crippen LogP contribution in [-0.2, 0) is 9.59 Å². The van der Waals surface area contributed by atoms with Crippen molar-refractivity contribution in [2.45, 2.75) is 38.6 Å². The summed E-state index contributed by atoms with van der Waals surface area (Å²) < 4.78 is 5.23. The number of benzene rings is 1. The quantitative estimate of drug-likeness (QED) is 0.626. The maximum absolute atomic E-state index is 12.7. The van der Waals surface area contributed by atoms with Crippen LogP contribution in [-0.4, -0.2) is 50.5 Å². The lowest BCUT2D eigenvalue weighted by Crippen LogP contribution is -2.36. The highest BCUT2D eigenvalue weighted by atomic mass is 16.5. The molecule has 0 spiro atoms. The zero-order chi connectivity index (χ0) is 18.9. The number of carbonyl (C=O) groups is 2. The van der Waals surface area contributed by atoms with Crippen molar-refractivity contribution in [3.63, 3.8) is 0 Å². The van der Waals surface area contributed by atoms with E-state index in [1.54, 1.807) is 7.11 Å². The molecule has 1 fully saturated rings. The van der Waals surface area contributed by atoms with Crippen LogP contribution in [0.15, 0.2) is 24.3 Å². The second-order valence-electron chi connectivity index (χ2n) is 6.72. The first-order valence-corrected chi connectivity index (χ1v) is 9.48. The molecule has 1 saturated heterocycles. The Kier molecular flexibility index (Phi) is 7.91. The molecule has 0 radical (unpaired) electrons. The lowest BCUT2D eigenvalue weighted by Gasteiger charge is -2.28. The minimum atomic E-state index is -0.345. The summed E-state index contributed by atoms with van der Waals surface area (Å²) in [5, 5.41) is 6.06. The maximum atomic E-state index is 12.7. The van der Waals surface area contributed by atoms with Crippen LogP contribution in [0.1, 0.15) is 44.2 Å². The predicted molar refractivity (Wildman–Crippen MR) is 102 cm³/mol. The van der Waals surface area contributed by atoms with Crippen molar-refractivity contribution in [1.29, 1.82) is 0 Å². The van der Waals surface area contributed by atoms with Gasteiger partial charge in [0, 0.05) is 19.5 Å². The average molecular weight is 361 g/mol.